The topological polar surface area (TPSA) is 55.4 Å². The van der Waals surface area contributed by atoms with Crippen molar-refractivity contribution in [2.45, 2.75) is 32.3 Å². The van der Waals surface area contributed by atoms with Crippen molar-refractivity contribution in [1.82, 2.24) is 0 Å². The van der Waals surface area contributed by atoms with Crippen LogP contribution < -0.4 is 5.32 Å². The molecule has 2 aromatic rings. The standard InChI is InChI=1S/C19H18FNO3/c1-3-12-6-4-5-7-16(12)21-18(23)19(2)11-13-10-14(20)8-9-15(13)17(22)24-19/h4-10H,3,11H2,1-2H3,(H,21,23). The Bertz CT molecular complexity index is 818. The van der Waals surface area contributed by atoms with E-state index in [1.54, 1.807) is 13.0 Å². The maximum absolute atomic E-state index is 13.5. The number of esters is 1. The van der Waals surface area contributed by atoms with Crippen molar-refractivity contribution < 1.29 is 18.7 Å². The van der Waals surface area contributed by atoms with Crippen molar-refractivity contribution in [3.05, 3.63) is 65.0 Å². The number of aryl methyl sites for hydroxylation is 1. The van der Waals surface area contributed by atoms with E-state index in [2.05, 4.69) is 5.32 Å². The molecular formula is C19H18FNO3. The van der Waals surface area contributed by atoms with Crippen molar-refractivity contribution in [2.24, 2.45) is 0 Å². The third kappa shape index (κ3) is 2.89. The number of carbonyl (C=O) groups excluding carboxylic acids is 2. The van der Waals surface area contributed by atoms with E-state index in [0.717, 1.165) is 12.0 Å². The maximum atomic E-state index is 13.5. The molecule has 0 fully saturated rings. The molecule has 2 aromatic carbocycles. The van der Waals surface area contributed by atoms with Crippen LogP contribution in [0.25, 0.3) is 0 Å². The van der Waals surface area contributed by atoms with Gasteiger partial charge in [0.05, 0.1) is 5.56 Å². The zero-order valence-corrected chi connectivity index (χ0v) is 13.6. The summed E-state index contributed by atoms with van der Waals surface area (Å²) >= 11 is 0. The molecule has 0 saturated carbocycles. The lowest BCUT2D eigenvalue weighted by molar-refractivity contribution is -0.134. The Hall–Kier alpha value is -2.69. The molecule has 0 aliphatic carbocycles. The Labute approximate surface area is 139 Å². The van der Waals surface area contributed by atoms with Gasteiger partial charge in [-0.25, -0.2) is 9.18 Å². The number of hydrogen-bond acceptors (Lipinski definition) is 3. The number of carbonyl (C=O) groups is 2. The Morgan fingerprint density at radius 1 is 1.29 bits per heavy atom. The zero-order chi connectivity index (χ0) is 17.3. The monoisotopic (exact) mass is 327 g/mol. The molecule has 0 bridgehead atoms. The second-order valence-electron chi connectivity index (χ2n) is 6.06. The van der Waals surface area contributed by atoms with Gasteiger partial charge in [0.15, 0.2) is 5.60 Å². The first-order valence-electron chi connectivity index (χ1n) is 7.84. The summed E-state index contributed by atoms with van der Waals surface area (Å²) in [5.41, 5.74) is 1.08. The Kier molecular flexibility index (Phi) is 4.09. The van der Waals surface area contributed by atoms with Crippen LogP contribution in [0.4, 0.5) is 10.1 Å². The van der Waals surface area contributed by atoms with Gasteiger partial charge in [0.1, 0.15) is 5.82 Å². The fraction of sp³-hybridized carbons (Fsp3) is 0.263. The summed E-state index contributed by atoms with van der Waals surface area (Å²) in [5, 5.41) is 2.83. The van der Waals surface area contributed by atoms with E-state index in [4.69, 9.17) is 4.74 Å². The molecule has 0 saturated heterocycles. The minimum Gasteiger partial charge on any atom is -0.445 e. The van der Waals surface area contributed by atoms with Crippen LogP contribution in [0.15, 0.2) is 42.5 Å². The predicted molar refractivity (Wildman–Crippen MR) is 88.4 cm³/mol. The molecule has 1 aliphatic rings. The van der Waals surface area contributed by atoms with Crippen LogP contribution in [0.1, 0.15) is 35.3 Å². The fourth-order valence-corrected chi connectivity index (χ4v) is 2.90. The molecule has 1 aliphatic heterocycles. The first-order valence-corrected chi connectivity index (χ1v) is 7.84. The first-order chi connectivity index (χ1) is 11.4. The third-order valence-electron chi connectivity index (χ3n) is 4.26. The van der Waals surface area contributed by atoms with Crippen molar-refractivity contribution in [3.8, 4) is 0 Å². The van der Waals surface area contributed by atoms with Gasteiger partial charge in [0, 0.05) is 12.1 Å². The van der Waals surface area contributed by atoms with Crippen molar-refractivity contribution >= 4 is 17.6 Å². The summed E-state index contributed by atoms with van der Waals surface area (Å²) in [6.07, 6.45) is 0.896. The van der Waals surface area contributed by atoms with Crippen LogP contribution >= 0.6 is 0 Å². The lowest BCUT2D eigenvalue weighted by atomic mass is 9.89. The van der Waals surface area contributed by atoms with E-state index < -0.39 is 23.3 Å². The second kappa shape index (κ2) is 6.07. The molecule has 1 heterocycles. The predicted octanol–water partition coefficient (Wildman–Crippen LogP) is 3.50. The minimum atomic E-state index is -1.38. The number of amides is 1. The molecule has 1 atom stereocenters. The van der Waals surface area contributed by atoms with E-state index >= 15 is 0 Å². The molecular weight excluding hydrogens is 309 g/mol. The molecule has 4 nitrogen and oxygen atoms in total. The lowest BCUT2D eigenvalue weighted by Crippen LogP contribution is -2.49. The van der Waals surface area contributed by atoms with Gasteiger partial charge in [0.25, 0.3) is 5.91 Å². The molecule has 0 aromatic heterocycles. The summed E-state index contributed by atoms with van der Waals surface area (Å²) in [4.78, 5) is 24.9. The van der Waals surface area contributed by atoms with Crippen LogP contribution in [0.3, 0.4) is 0 Å². The molecule has 3 rings (SSSR count). The van der Waals surface area contributed by atoms with Crippen molar-refractivity contribution in [3.63, 3.8) is 0 Å². The van der Waals surface area contributed by atoms with Crippen LogP contribution in [-0.2, 0) is 22.4 Å². The smallest absolute Gasteiger partial charge is 0.339 e. The maximum Gasteiger partial charge on any atom is 0.339 e. The molecule has 0 spiro atoms. The average molecular weight is 327 g/mol. The van der Waals surface area contributed by atoms with Crippen LogP contribution in [0.2, 0.25) is 0 Å². The fourth-order valence-electron chi connectivity index (χ4n) is 2.90. The zero-order valence-electron chi connectivity index (χ0n) is 13.6. The molecule has 24 heavy (non-hydrogen) atoms. The van der Waals surface area contributed by atoms with Crippen molar-refractivity contribution in [2.75, 3.05) is 5.32 Å². The highest BCUT2D eigenvalue weighted by Crippen LogP contribution is 2.30. The van der Waals surface area contributed by atoms with E-state index in [0.29, 0.717) is 16.8 Å². The average Bonchev–Trinajstić information content (AvgIpc) is 2.54. The van der Waals surface area contributed by atoms with Crippen LogP contribution in [0, 0.1) is 5.82 Å². The van der Waals surface area contributed by atoms with E-state index in [1.807, 2.05) is 25.1 Å². The number of cyclic esters (lactones) is 1. The lowest BCUT2D eigenvalue weighted by Gasteiger charge is -2.33. The van der Waals surface area contributed by atoms with Gasteiger partial charge in [-0.2, -0.15) is 0 Å². The van der Waals surface area contributed by atoms with Crippen LogP contribution in [-0.4, -0.2) is 17.5 Å². The van der Waals surface area contributed by atoms with Gasteiger partial charge in [-0.15, -0.1) is 0 Å². The number of fused-ring (bicyclic) bond motifs is 1. The molecule has 1 N–H and O–H groups in total. The number of benzene rings is 2. The van der Waals surface area contributed by atoms with Crippen LogP contribution in [0.5, 0.6) is 0 Å². The van der Waals surface area contributed by atoms with E-state index in [-0.39, 0.29) is 6.42 Å². The van der Waals surface area contributed by atoms with Crippen molar-refractivity contribution in [1.29, 1.82) is 0 Å². The highest BCUT2D eigenvalue weighted by molar-refractivity contribution is 6.02. The quantitative estimate of drug-likeness (QED) is 0.878. The minimum absolute atomic E-state index is 0.131. The van der Waals surface area contributed by atoms with E-state index in [9.17, 15) is 14.0 Å². The van der Waals surface area contributed by atoms with Gasteiger partial charge >= 0.3 is 5.97 Å². The summed E-state index contributed by atoms with van der Waals surface area (Å²) in [6, 6.07) is 11.3. The summed E-state index contributed by atoms with van der Waals surface area (Å²) < 4.78 is 18.8. The number of para-hydroxylation sites is 1. The molecule has 0 radical (unpaired) electrons. The normalized spacial score (nSPS) is 19.4. The number of rotatable bonds is 3. The largest absolute Gasteiger partial charge is 0.445 e. The first kappa shape index (κ1) is 16.2. The third-order valence-corrected chi connectivity index (χ3v) is 4.26. The van der Waals surface area contributed by atoms with Gasteiger partial charge in [0.2, 0.25) is 0 Å². The van der Waals surface area contributed by atoms with Gasteiger partial charge in [-0.3, -0.25) is 4.79 Å². The Morgan fingerprint density at radius 3 is 2.79 bits per heavy atom. The number of ether oxygens (including phenoxy) is 1. The molecule has 5 heteroatoms. The number of nitrogens with one attached hydrogen (secondary N) is 1. The summed E-state index contributed by atoms with van der Waals surface area (Å²) in [6.45, 7) is 3.54. The summed E-state index contributed by atoms with van der Waals surface area (Å²) in [7, 11) is 0. The second-order valence-corrected chi connectivity index (χ2v) is 6.06. The number of hydrogen-bond donors (Lipinski definition) is 1. The Morgan fingerprint density at radius 2 is 2.04 bits per heavy atom. The van der Waals surface area contributed by atoms with E-state index in [1.165, 1.54) is 18.2 Å². The SMILES string of the molecule is CCc1ccccc1NC(=O)C1(C)Cc2cc(F)ccc2C(=O)O1. The number of anilines is 1. The highest BCUT2D eigenvalue weighted by Gasteiger charge is 2.43. The number of halogens is 1. The van der Waals surface area contributed by atoms with Gasteiger partial charge < -0.3 is 10.1 Å². The highest BCUT2D eigenvalue weighted by atomic mass is 19.1. The van der Waals surface area contributed by atoms with Gasteiger partial charge in [-0.05, 0) is 48.7 Å². The molecule has 1 unspecified atom stereocenters. The van der Waals surface area contributed by atoms with Gasteiger partial charge in [-0.1, -0.05) is 25.1 Å². The molecule has 124 valence electrons. The summed E-state index contributed by atoms with van der Waals surface area (Å²) in [5.74, 6) is -1.48. The Balaban J connectivity index is 1.88. The molecule has 1 amide bonds.